The number of hydrogen-bond acceptors (Lipinski definition) is 5. The van der Waals surface area contributed by atoms with E-state index >= 15 is 0 Å². The summed E-state index contributed by atoms with van der Waals surface area (Å²) < 4.78 is 0. The highest BCUT2D eigenvalue weighted by Gasteiger charge is 2.26. The van der Waals surface area contributed by atoms with Crippen LogP contribution in [0.4, 0.5) is 5.82 Å². The van der Waals surface area contributed by atoms with Crippen molar-refractivity contribution in [2.75, 3.05) is 37.6 Å². The van der Waals surface area contributed by atoms with Crippen molar-refractivity contribution in [1.82, 2.24) is 19.8 Å². The zero-order valence-corrected chi connectivity index (χ0v) is 16.4. The molecule has 0 N–H and O–H groups in total. The Bertz CT molecular complexity index is 905. The Morgan fingerprint density at radius 3 is 2.32 bits per heavy atom. The number of carbonyl (C=O) groups excluding carboxylic acids is 2. The highest BCUT2D eigenvalue weighted by Crippen LogP contribution is 2.24. The molecule has 1 aromatic heterocycles. The Hall–Kier alpha value is -2.96. The molecule has 0 bridgehead atoms. The fourth-order valence-corrected chi connectivity index (χ4v) is 3.90. The predicted molar refractivity (Wildman–Crippen MR) is 106 cm³/mol. The van der Waals surface area contributed by atoms with E-state index in [0.717, 1.165) is 25.3 Å². The van der Waals surface area contributed by atoms with Crippen LogP contribution >= 0.6 is 0 Å². The van der Waals surface area contributed by atoms with E-state index in [4.69, 9.17) is 0 Å². The first-order valence-corrected chi connectivity index (χ1v) is 9.73. The van der Waals surface area contributed by atoms with E-state index in [9.17, 15) is 9.59 Å². The summed E-state index contributed by atoms with van der Waals surface area (Å²) in [6, 6.07) is 10.3. The second-order valence-corrected chi connectivity index (χ2v) is 7.40. The Morgan fingerprint density at radius 2 is 1.61 bits per heavy atom. The van der Waals surface area contributed by atoms with Gasteiger partial charge < -0.3 is 14.7 Å². The molecule has 2 aliphatic heterocycles. The molecule has 3 heterocycles. The van der Waals surface area contributed by atoms with Crippen LogP contribution in [0.2, 0.25) is 0 Å². The van der Waals surface area contributed by atoms with Gasteiger partial charge in [0.2, 0.25) is 5.91 Å². The molecule has 7 nitrogen and oxygen atoms in total. The molecule has 0 aliphatic carbocycles. The molecule has 2 aliphatic rings. The largest absolute Gasteiger partial charge is 0.352 e. The second-order valence-electron chi connectivity index (χ2n) is 7.40. The number of carbonyl (C=O) groups is 2. The number of aryl methyl sites for hydroxylation is 1. The smallest absolute Gasteiger partial charge is 0.272 e. The van der Waals surface area contributed by atoms with Crippen molar-refractivity contribution in [2.24, 2.45) is 0 Å². The first kappa shape index (κ1) is 18.4. The zero-order chi connectivity index (χ0) is 19.7. The molecule has 0 radical (unpaired) electrons. The third kappa shape index (κ3) is 3.69. The summed E-state index contributed by atoms with van der Waals surface area (Å²) in [5, 5.41) is 0. The van der Waals surface area contributed by atoms with Crippen LogP contribution in [0, 0.1) is 6.92 Å². The molecular formula is C21H25N5O2. The Kier molecular flexibility index (Phi) is 4.98. The fraction of sp³-hybridized carbons (Fsp3) is 0.429. The molecule has 2 aromatic rings. The molecule has 28 heavy (non-hydrogen) atoms. The average molecular weight is 379 g/mol. The number of piperazine rings is 1. The summed E-state index contributed by atoms with van der Waals surface area (Å²) in [4.78, 5) is 39.2. The predicted octanol–water partition coefficient (Wildman–Crippen LogP) is 1.65. The van der Waals surface area contributed by atoms with Crippen LogP contribution in [-0.4, -0.2) is 64.3 Å². The van der Waals surface area contributed by atoms with Gasteiger partial charge in [-0.15, -0.1) is 0 Å². The van der Waals surface area contributed by atoms with E-state index in [-0.39, 0.29) is 11.8 Å². The van der Waals surface area contributed by atoms with Crippen LogP contribution in [0.3, 0.4) is 0 Å². The third-order valence-corrected chi connectivity index (χ3v) is 5.51. The van der Waals surface area contributed by atoms with Crippen molar-refractivity contribution in [3.8, 4) is 0 Å². The maximum atomic E-state index is 13.0. The van der Waals surface area contributed by atoms with E-state index < -0.39 is 0 Å². The number of fused-ring (bicyclic) bond motifs is 1. The summed E-state index contributed by atoms with van der Waals surface area (Å²) in [6.45, 7) is 7.26. The van der Waals surface area contributed by atoms with Gasteiger partial charge in [-0.3, -0.25) is 9.59 Å². The van der Waals surface area contributed by atoms with Gasteiger partial charge in [0, 0.05) is 52.3 Å². The molecule has 0 atom stereocenters. The number of anilines is 1. The normalized spacial score (nSPS) is 16.7. The first-order chi connectivity index (χ1) is 13.5. The Morgan fingerprint density at radius 1 is 0.929 bits per heavy atom. The lowest BCUT2D eigenvalue weighted by Gasteiger charge is -2.34. The summed E-state index contributed by atoms with van der Waals surface area (Å²) in [6.07, 6.45) is 0.968. The van der Waals surface area contributed by atoms with E-state index in [2.05, 4.69) is 39.1 Å². The van der Waals surface area contributed by atoms with Crippen LogP contribution < -0.4 is 4.90 Å². The van der Waals surface area contributed by atoms with Crippen molar-refractivity contribution in [3.63, 3.8) is 0 Å². The molecule has 4 rings (SSSR count). The van der Waals surface area contributed by atoms with Crippen molar-refractivity contribution >= 4 is 17.6 Å². The van der Waals surface area contributed by atoms with Crippen LogP contribution in [0.5, 0.6) is 0 Å². The molecule has 1 aromatic carbocycles. The highest BCUT2D eigenvalue weighted by molar-refractivity contribution is 5.93. The summed E-state index contributed by atoms with van der Waals surface area (Å²) in [5.74, 6) is 1.36. The van der Waals surface area contributed by atoms with Gasteiger partial charge in [-0.05, 0) is 24.5 Å². The maximum Gasteiger partial charge on any atom is 0.272 e. The average Bonchev–Trinajstić information content (AvgIpc) is 2.72. The summed E-state index contributed by atoms with van der Waals surface area (Å²) >= 11 is 0. The SMILES string of the molecule is CC(=O)N1CCN(C(=O)c2cc(N3CCc4ccccc4C3)nc(C)n2)CC1. The van der Waals surface area contributed by atoms with Gasteiger partial charge in [-0.25, -0.2) is 9.97 Å². The fourth-order valence-electron chi connectivity index (χ4n) is 3.90. The van der Waals surface area contributed by atoms with E-state index in [1.807, 2.05) is 6.92 Å². The molecule has 1 fully saturated rings. The topological polar surface area (TPSA) is 69.6 Å². The van der Waals surface area contributed by atoms with Gasteiger partial charge >= 0.3 is 0 Å². The zero-order valence-electron chi connectivity index (χ0n) is 16.4. The number of rotatable bonds is 2. The Balaban J connectivity index is 1.52. The number of benzene rings is 1. The number of nitrogens with zero attached hydrogens (tertiary/aromatic N) is 5. The van der Waals surface area contributed by atoms with Crippen molar-refractivity contribution < 1.29 is 9.59 Å². The van der Waals surface area contributed by atoms with Crippen LogP contribution in [0.1, 0.15) is 34.4 Å². The molecule has 0 saturated carbocycles. The monoisotopic (exact) mass is 379 g/mol. The minimum absolute atomic E-state index is 0.0534. The van der Waals surface area contributed by atoms with E-state index in [0.29, 0.717) is 37.7 Å². The lowest BCUT2D eigenvalue weighted by atomic mass is 10.00. The summed E-state index contributed by atoms with van der Waals surface area (Å²) in [5.41, 5.74) is 3.11. The van der Waals surface area contributed by atoms with Gasteiger partial charge in [-0.1, -0.05) is 24.3 Å². The van der Waals surface area contributed by atoms with Crippen molar-refractivity contribution in [3.05, 3.63) is 53.0 Å². The minimum atomic E-state index is -0.0904. The van der Waals surface area contributed by atoms with Gasteiger partial charge in [0.15, 0.2) is 0 Å². The molecule has 0 spiro atoms. The summed E-state index contributed by atoms with van der Waals surface area (Å²) in [7, 11) is 0. The number of aromatic nitrogens is 2. The number of hydrogen-bond donors (Lipinski definition) is 0. The Labute approximate surface area is 165 Å². The number of amides is 2. The highest BCUT2D eigenvalue weighted by atomic mass is 16.2. The molecular weight excluding hydrogens is 354 g/mol. The van der Waals surface area contributed by atoms with Crippen molar-refractivity contribution in [2.45, 2.75) is 26.8 Å². The maximum absolute atomic E-state index is 13.0. The molecule has 1 saturated heterocycles. The van der Waals surface area contributed by atoms with Crippen LogP contribution in [0.25, 0.3) is 0 Å². The molecule has 146 valence electrons. The quantitative estimate of drug-likeness (QED) is 0.794. The third-order valence-electron chi connectivity index (χ3n) is 5.51. The van der Waals surface area contributed by atoms with Gasteiger partial charge in [0.1, 0.15) is 17.3 Å². The van der Waals surface area contributed by atoms with Gasteiger partial charge in [0.05, 0.1) is 0 Å². The minimum Gasteiger partial charge on any atom is -0.352 e. The first-order valence-electron chi connectivity index (χ1n) is 9.73. The van der Waals surface area contributed by atoms with E-state index in [1.54, 1.807) is 22.8 Å². The van der Waals surface area contributed by atoms with Crippen molar-refractivity contribution in [1.29, 1.82) is 0 Å². The van der Waals surface area contributed by atoms with E-state index in [1.165, 1.54) is 11.1 Å². The van der Waals surface area contributed by atoms with Gasteiger partial charge in [-0.2, -0.15) is 0 Å². The molecule has 0 unspecified atom stereocenters. The standard InChI is InChI=1S/C21H25N5O2/c1-15-22-19(21(28)25-11-9-24(10-12-25)16(2)27)13-20(23-15)26-8-7-17-5-3-4-6-18(17)14-26/h3-6,13H,7-12,14H2,1-2H3. The lowest BCUT2D eigenvalue weighted by Crippen LogP contribution is -2.50. The molecule has 2 amide bonds. The molecule has 7 heteroatoms. The second kappa shape index (κ2) is 7.58. The van der Waals surface area contributed by atoms with Crippen LogP contribution in [-0.2, 0) is 17.8 Å². The van der Waals surface area contributed by atoms with Crippen LogP contribution in [0.15, 0.2) is 30.3 Å². The van der Waals surface area contributed by atoms with Gasteiger partial charge in [0.25, 0.3) is 5.91 Å². The lowest BCUT2D eigenvalue weighted by molar-refractivity contribution is -0.130.